The van der Waals surface area contributed by atoms with Gasteiger partial charge in [0.25, 0.3) is 0 Å². The standard InChI is InChI=1S/C15H17ClN2O/c16-11-4-5-13-14(6-7-17-15(13)9-11)18-10-12-3-1-2-8-19-12/h4-7,9,12H,1-3,8,10H2,(H,17,18). The molecule has 2 heterocycles. The van der Waals surface area contributed by atoms with Crippen LogP contribution < -0.4 is 5.32 Å². The van der Waals surface area contributed by atoms with Gasteiger partial charge in [0.1, 0.15) is 0 Å². The lowest BCUT2D eigenvalue weighted by Crippen LogP contribution is -2.27. The fourth-order valence-corrected chi connectivity index (χ4v) is 2.63. The number of hydrogen-bond acceptors (Lipinski definition) is 3. The van der Waals surface area contributed by atoms with Crippen LogP contribution >= 0.6 is 11.6 Å². The van der Waals surface area contributed by atoms with Gasteiger partial charge in [-0.3, -0.25) is 4.98 Å². The highest BCUT2D eigenvalue weighted by Crippen LogP contribution is 2.24. The summed E-state index contributed by atoms with van der Waals surface area (Å²) in [5.74, 6) is 0. The molecule has 1 aliphatic rings. The van der Waals surface area contributed by atoms with Crippen molar-refractivity contribution in [2.75, 3.05) is 18.5 Å². The van der Waals surface area contributed by atoms with Crippen LogP contribution in [0.3, 0.4) is 0 Å². The number of hydrogen-bond donors (Lipinski definition) is 1. The molecule has 4 heteroatoms. The van der Waals surface area contributed by atoms with Crippen molar-refractivity contribution in [2.24, 2.45) is 0 Å². The van der Waals surface area contributed by atoms with E-state index in [1.54, 1.807) is 0 Å². The van der Waals surface area contributed by atoms with Gasteiger partial charge in [-0.15, -0.1) is 0 Å². The number of nitrogens with zero attached hydrogens (tertiary/aromatic N) is 1. The van der Waals surface area contributed by atoms with Gasteiger partial charge in [0.15, 0.2) is 0 Å². The number of benzene rings is 1. The van der Waals surface area contributed by atoms with Gasteiger partial charge in [0, 0.05) is 35.4 Å². The van der Waals surface area contributed by atoms with E-state index in [-0.39, 0.29) is 0 Å². The number of rotatable bonds is 3. The quantitative estimate of drug-likeness (QED) is 0.924. The molecule has 1 N–H and O–H groups in total. The summed E-state index contributed by atoms with van der Waals surface area (Å²) in [6.07, 6.45) is 5.72. The average Bonchev–Trinajstić information content (AvgIpc) is 2.45. The molecule has 100 valence electrons. The van der Waals surface area contributed by atoms with Crippen LogP contribution in [0.4, 0.5) is 5.69 Å². The van der Waals surface area contributed by atoms with Crippen molar-refractivity contribution in [3.05, 3.63) is 35.5 Å². The Hall–Kier alpha value is -1.32. The summed E-state index contributed by atoms with van der Waals surface area (Å²) >= 11 is 5.99. The molecular formula is C15H17ClN2O. The second-order valence-electron chi connectivity index (χ2n) is 4.89. The monoisotopic (exact) mass is 276 g/mol. The molecule has 0 spiro atoms. The predicted molar refractivity (Wildman–Crippen MR) is 78.8 cm³/mol. The van der Waals surface area contributed by atoms with E-state index >= 15 is 0 Å². The zero-order valence-corrected chi connectivity index (χ0v) is 11.5. The molecule has 0 bridgehead atoms. The Morgan fingerprint density at radius 3 is 3.11 bits per heavy atom. The van der Waals surface area contributed by atoms with Crippen LogP contribution in [-0.4, -0.2) is 24.2 Å². The van der Waals surface area contributed by atoms with E-state index < -0.39 is 0 Å². The normalized spacial score (nSPS) is 19.5. The second kappa shape index (κ2) is 5.76. The van der Waals surface area contributed by atoms with E-state index in [2.05, 4.69) is 10.3 Å². The van der Waals surface area contributed by atoms with Gasteiger partial charge in [0.05, 0.1) is 11.6 Å². The molecule has 0 radical (unpaired) electrons. The molecule has 19 heavy (non-hydrogen) atoms. The summed E-state index contributed by atoms with van der Waals surface area (Å²) in [5, 5.41) is 5.28. The molecule has 1 atom stereocenters. The molecule has 0 saturated carbocycles. The number of halogens is 1. The molecule has 1 aromatic carbocycles. The fraction of sp³-hybridized carbons (Fsp3) is 0.400. The SMILES string of the molecule is Clc1ccc2c(NCC3CCCCO3)ccnc2c1. The molecule has 1 saturated heterocycles. The van der Waals surface area contributed by atoms with Gasteiger partial charge in [-0.05, 0) is 43.5 Å². The summed E-state index contributed by atoms with van der Waals surface area (Å²) in [6, 6.07) is 7.79. The number of nitrogens with one attached hydrogen (secondary N) is 1. The van der Waals surface area contributed by atoms with Crippen LogP contribution in [0.5, 0.6) is 0 Å². The van der Waals surface area contributed by atoms with Crippen LogP contribution in [-0.2, 0) is 4.74 Å². The molecule has 1 aliphatic heterocycles. The molecular weight excluding hydrogens is 260 g/mol. The Morgan fingerprint density at radius 2 is 2.26 bits per heavy atom. The summed E-state index contributed by atoms with van der Waals surface area (Å²) in [4.78, 5) is 4.34. The lowest BCUT2D eigenvalue weighted by atomic mass is 10.1. The lowest BCUT2D eigenvalue weighted by molar-refractivity contribution is 0.0248. The molecule has 0 aliphatic carbocycles. The van der Waals surface area contributed by atoms with Crippen LogP contribution in [0.2, 0.25) is 5.02 Å². The van der Waals surface area contributed by atoms with E-state index in [0.29, 0.717) is 11.1 Å². The first-order valence-corrected chi connectivity index (χ1v) is 7.10. The molecule has 3 rings (SSSR count). The van der Waals surface area contributed by atoms with Crippen molar-refractivity contribution in [2.45, 2.75) is 25.4 Å². The smallest absolute Gasteiger partial charge is 0.0747 e. The van der Waals surface area contributed by atoms with E-state index in [0.717, 1.165) is 36.2 Å². The molecule has 1 unspecified atom stereocenters. The highest BCUT2D eigenvalue weighted by Gasteiger charge is 2.13. The lowest BCUT2D eigenvalue weighted by Gasteiger charge is -2.23. The minimum absolute atomic E-state index is 0.323. The Kier molecular flexibility index (Phi) is 3.85. The second-order valence-corrected chi connectivity index (χ2v) is 5.33. The molecule has 1 aromatic heterocycles. The van der Waals surface area contributed by atoms with Crippen LogP contribution in [0.25, 0.3) is 10.9 Å². The maximum absolute atomic E-state index is 5.99. The van der Waals surface area contributed by atoms with Gasteiger partial charge in [-0.1, -0.05) is 11.6 Å². The molecule has 2 aromatic rings. The third kappa shape index (κ3) is 2.99. The van der Waals surface area contributed by atoms with Gasteiger partial charge in [-0.2, -0.15) is 0 Å². The minimum atomic E-state index is 0.323. The minimum Gasteiger partial charge on any atom is -0.382 e. The van der Waals surface area contributed by atoms with Crippen LogP contribution in [0.15, 0.2) is 30.5 Å². The third-order valence-corrected chi connectivity index (χ3v) is 3.73. The van der Waals surface area contributed by atoms with E-state index in [4.69, 9.17) is 16.3 Å². The van der Waals surface area contributed by atoms with Gasteiger partial charge in [-0.25, -0.2) is 0 Å². The fourth-order valence-electron chi connectivity index (χ4n) is 2.47. The summed E-state index contributed by atoms with van der Waals surface area (Å²) < 4.78 is 5.73. The number of anilines is 1. The number of ether oxygens (including phenoxy) is 1. The van der Waals surface area contributed by atoms with Crippen molar-refractivity contribution in [3.63, 3.8) is 0 Å². The first-order chi connectivity index (χ1) is 9.33. The molecule has 3 nitrogen and oxygen atoms in total. The third-order valence-electron chi connectivity index (χ3n) is 3.50. The van der Waals surface area contributed by atoms with Crippen LogP contribution in [0, 0.1) is 0 Å². The van der Waals surface area contributed by atoms with Gasteiger partial charge >= 0.3 is 0 Å². The van der Waals surface area contributed by atoms with Gasteiger partial charge < -0.3 is 10.1 Å². The summed E-state index contributed by atoms with van der Waals surface area (Å²) in [5.41, 5.74) is 2.01. The maximum atomic E-state index is 5.99. The number of pyridine rings is 1. The largest absolute Gasteiger partial charge is 0.382 e. The van der Waals surface area contributed by atoms with Crippen molar-refractivity contribution >= 4 is 28.2 Å². The van der Waals surface area contributed by atoms with E-state index in [1.807, 2.05) is 30.5 Å². The number of fused-ring (bicyclic) bond motifs is 1. The average molecular weight is 277 g/mol. The highest BCUT2D eigenvalue weighted by atomic mass is 35.5. The van der Waals surface area contributed by atoms with Crippen molar-refractivity contribution in [1.29, 1.82) is 0 Å². The Labute approximate surface area is 117 Å². The highest BCUT2D eigenvalue weighted by molar-refractivity contribution is 6.31. The van der Waals surface area contributed by atoms with E-state index in [1.165, 1.54) is 12.8 Å². The molecule has 1 fully saturated rings. The molecule has 0 amide bonds. The van der Waals surface area contributed by atoms with Crippen molar-refractivity contribution in [3.8, 4) is 0 Å². The van der Waals surface area contributed by atoms with E-state index in [9.17, 15) is 0 Å². The van der Waals surface area contributed by atoms with Crippen LogP contribution in [0.1, 0.15) is 19.3 Å². The Balaban J connectivity index is 1.76. The zero-order valence-electron chi connectivity index (χ0n) is 10.7. The van der Waals surface area contributed by atoms with Crippen molar-refractivity contribution < 1.29 is 4.74 Å². The first kappa shape index (κ1) is 12.7. The summed E-state index contributed by atoms with van der Waals surface area (Å²) in [6.45, 7) is 1.74. The number of aromatic nitrogens is 1. The van der Waals surface area contributed by atoms with Crippen molar-refractivity contribution in [1.82, 2.24) is 4.98 Å². The zero-order chi connectivity index (χ0) is 13.1. The Bertz CT molecular complexity index is 567. The summed E-state index contributed by atoms with van der Waals surface area (Å²) in [7, 11) is 0. The maximum Gasteiger partial charge on any atom is 0.0747 e. The predicted octanol–water partition coefficient (Wildman–Crippen LogP) is 3.87. The first-order valence-electron chi connectivity index (χ1n) is 6.73. The topological polar surface area (TPSA) is 34.1 Å². The van der Waals surface area contributed by atoms with Gasteiger partial charge in [0.2, 0.25) is 0 Å². The Morgan fingerprint density at radius 1 is 1.32 bits per heavy atom.